The van der Waals surface area contributed by atoms with E-state index in [1.165, 1.54) is 0 Å². The zero-order valence-electron chi connectivity index (χ0n) is 10.1. The molecule has 0 fully saturated rings. The van der Waals surface area contributed by atoms with E-state index in [9.17, 15) is 0 Å². The first-order chi connectivity index (χ1) is 8.86. The topological polar surface area (TPSA) is 37.8 Å². The second kappa shape index (κ2) is 4.45. The Hall–Kier alpha value is -2.42. The quantitative estimate of drug-likeness (QED) is 0.740. The molecule has 0 amide bonds. The first-order valence-electron chi connectivity index (χ1n) is 5.87. The molecule has 1 aromatic carbocycles. The molecule has 0 unspecified atom stereocenters. The standard InChI is InChI=1S/C15H13N3/c1-16-15-6-2-5-14(18-15)12-7-8-13-11(10-12)4-3-9-17-13/h2-10H,1H3,(H,16,18). The molecule has 2 heterocycles. The Bertz CT molecular complexity index is 692. The molecule has 0 saturated heterocycles. The molecule has 0 atom stereocenters. The van der Waals surface area contributed by atoms with Crippen LogP contribution in [0.1, 0.15) is 0 Å². The summed E-state index contributed by atoms with van der Waals surface area (Å²) in [6, 6.07) is 16.2. The van der Waals surface area contributed by atoms with Crippen LogP contribution in [0.25, 0.3) is 22.2 Å². The van der Waals surface area contributed by atoms with E-state index in [1.807, 2.05) is 43.6 Å². The van der Waals surface area contributed by atoms with Gasteiger partial charge in [-0.25, -0.2) is 4.98 Å². The van der Waals surface area contributed by atoms with Gasteiger partial charge in [0.1, 0.15) is 5.82 Å². The van der Waals surface area contributed by atoms with Crippen molar-refractivity contribution in [1.29, 1.82) is 0 Å². The summed E-state index contributed by atoms with van der Waals surface area (Å²) in [5, 5.41) is 4.18. The summed E-state index contributed by atoms with van der Waals surface area (Å²) in [4.78, 5) is 8.85. The average Bonchev–Trinajstić information content (AvgIpc) is 2.47. The molecular weight excluding hydrogens is 222 g/mol. The maximum atomic E-state index is 4.54. The van der Waals surface area contributed by atoms with Crippen LogP contribution < -0.4 is 5.32 Å². The average molecular weight is 235 g/mol. The van der Waals surface area contributed by atoms with Crippen LogP contribution in [-0.2, 0) is 0 Å². The van der Waals surface area contributed by atoms with Crippen LogP contribution in [-0.4, -0.2) is 17.0 Å². The first kappa shape index (κ1) is 10.7. The highest BCUT2D eigenvalue weighted by molar-refractivity contribution is 5.83. The number of hydrogen-bond donors (Lipinski definition) is 1. The monoisotopic (exact) mass is 235 g/mol. The van der Waals surface area contributed by atoms with E-state index in [1.54, 1.807) is 0 Å². The molecule has 0 aliphatic carbocycles. The van der Waals surface area contributed by atoms with Crippen molar-refractivity contribution in [2.24, 2.45) is 0 Å². The second-order valence-corrected chi connectivity index (χ2v) is 4.07. The van der Waals surface area contributed by atoms with Gasteiger partial charge in [-0.3, -0.25) is 4.98 Å². The number of aromatic nitrogens is 2. The smallest absolute Gasteiger partial charge is 0.126 e. The molecule has 0 saturated carbocycles. The summed E-state index contributed by atoms with van der Waals surface area (Å²) in [6.07, 6.45) is 1.81. The fourth-order valence-corrected chi connectivity index (χ4v) is 1.97. The number of nitrogens with zero attached hydrogens (tertiary/aromatic N) is 2. The van der Waals surface area contributed by atoms with Crippen LogP contribution >= 0.6 is 0 Å². The summed E-state index contributed by atoms with van der Waals surface area (Å²) < 4.78 is 0. The minimum atomic E-state index is 0.874. The van der Waals surface area contributed by atoms with E-state index >= 15 is 0 Å². The van der Waals surface area contributed by atoms with Crippen LogP contribution in [0.3, 0.4) is 0 Å². The van der Waals surface area contributed by atoms with Gasteiger partial charge in [-0.05, 0) is 30.3 Å². The van der Waals surface area contributed by atoms with Gasteiger partial charge in [0, 0.05) is 24.2 Å². The van der Waals surface area contributed by atoms with Crippen LogP contribution in [0.4, 0.5) is 5.82 Å². The molecule has 0 aliphatic heterocycles. The van der Waals surface area contributed by atoms with E-state index in [4.69, 9.17) is 0 Å². The van der Waals surface area contributed by atoms with Crippen LogP contribution in [0.2, 0.25) is 0 Å². The van der Waals surface area contributed by atoms with E-state index in [2.05, 4.69) is 33.5 Å². The lowest BCUT2D eigenvalue weighted by molar-refractivity contribution is 1.29. The number of fused-ring (bicyclic) bond motifs is 1. The number of hydrogen-bond acceptors (Lipinski definition) is 3. The Labute approximate surface area is 106 Å². The predicted octanol–water partition coefficient (Wildman–Crippen LogP) is 3.34. The molecule has 3 aromatic rings. The second-order valence-electron chi connectivity index (χ2n) is 4.07. The van der Waals surface area contributed by atoms with Crippen molar-refractivity contribution in [3.05, 3.63) is 54.7 Å². The van der Waals surface area contributed by atoms with Crippen molar-refractivity contribution in [3.8, 4) is 11.3 Å². The van der Waals surface area contributed by atoms with Gasteiger partial charge in [0.05, 0.1) is 11.2 Å². The van der Waals surface area contributed by atoms with Crippen molar-refractivity contribution >= 4 is 16.7 Å². The minimum absolute atomic E-state index is 0.874. The number of pyridine rings is 2. The van der Waals surface area contributed by atoms with Gasteiger partial charge < -0.3 is 5.32 Å². The fraction of sp³-hybridized carbons (Fsp3) is 0.0667. The van der Waals surface area contributed by atoms with Crippen LogP contribution in [0, 0.1) is 0 Å². The van der Waals surface area contributed by atoms with Crippen molar-refractivity contribution in [2.45, 2.75) is 0 Å². The number of benzene rings is 1. The summed E-state index contributed by atoms with van der Waals surface area (Å²) in [6.45, 7) is 0. The van der Waals surface area contributed by atoms with Gasteiger partial charge in [0.15, 0.2) is 0 Å². The molecule has 0 bridgehead atoms. The molecule has 88 valence electrons. The van der Waals surface area contributed by atoms with E-state index in [0.29, 0.717) is 0 Å². The lowest BCUT2D eigenvalue weighted by atomic mass is 10.1. The third kappa shape index (κ3) is 1.91. The summed E-state index contributed by atoms with van der Waals surface area (Å²) in [7, 11) is 1.87. The zero-order valence-corrected chi connectivity index (χ0v) is 10.1. The normalized spacial score (nSPS) is 10.5. The predicted molar refractivity (Wildman–Crippen MR) is 74.5 cm³/mol. The van der Waals surface area contributed by atoms with Crippen molar-refractivity contribution in [3.63, 3.8) is 0 Å². The first-order valence-corrected chi connectivity index (χ1v) is 5.87. The highest BCUT2D eigenvalue weighted by Crippen LogP contribution is 2.22. The largest absolute Gasteiger partial charge is 0.373 e. The maximum absolute atomic E-state index is 4.54. The number of nitrogens with one attached hydrogen (secondary N) is 1. The summed E-state index contributed by atoms with van der Waals surface area (Å²) in [5.41, 5.74) is 3.08. The molecule has 3 heteroatoms. The van der Waals surface area contributed by atoms with Gasteiger partial charge in [-0.1, -0.05) is 18.2 Å². The molecule has 1 N–H and O–H groups in total. The Morgan fingerprint density at radius 2 is 1.94 bits per heavy atom. The maximum Gasteiger partial charge on any atom is 0.126 e. The van der Waals surface area contributed by atoms with Crippen LogP contribution in [0.5, 0.6) is 0 Å². The number of anilines is 1. The van der Waals surface area contributed by atoms with Gasteiger partial charge in [-0.2, -0.15) is 0 Å². The highest BCUT2D eigenvalue weighted by Gasteiger charge is 2.02. The third-order valence-corrected chi connectivity index (χ3v) is 2.90. The molecule has 18 heavy (non-hydrogen) atoms. The van der Waals surface area contributed by atoms with Gasteiger partial charge >= 0.3 is 0 Å². The molecular formula is C15H13N3. The Kier molecular flexibility index (Phi) is 2.65. The molecule has 3 rings (SSSR count). The van der Waals surface area contributed by atoms with Crippen molar-refractivity contribution < 1.29 is 0 Å². The molecule has 0 radical (unpaired) electrons. The lowest BCUT2D eigenvalue weighted by Crippen LogP contribution is -1.93. The van der Waals surface area contributed by atoms with Gasteiger partial charge in [0.25, 0.3) is 0 Å². The Balaban J connectivity index is 2.13. The van der Waals surface area contributed by atoms with Gasteiger partial charge in [0.2, 0.25) is 0 Å². The highest BCUT2D eigenvalue weighted by atomic mass is 15.0. The Morgan fingerprint density at radius 3 is 2.83 bits per heavy atom. The zero-order chi connectivity index (χ0) is 12.4. The number of rotatable bonds is 2. The molecule has 3 nitrogen and oxygen atoms in total. The molecule has 0 spiro atoms. The third-order valence-electron chi connectivity index (χ3n) is 2.90. The van der Waals surface area contributed by atoms with Crippen molar-refractivity contribution in [1.82, 2.24) is 9.97 Å². The lowest BCUT2D eigenvalue weighted by Gasteiger charge is -2.05. The summed E-state index contributed by atoms with van der Waals surface area (Å²) in [5.74, 6) is 0.874. The Morgan fingerprint density at radius 1 is 1.00 bits per heavy atom. The summed E-state index contributed by atoms with van der Waals surface area (Å²) >= 11 is 0. The van der Waals surface area contributed by atoms with Crippen LogP contribution in [0.15, 0.2) is 54.7 Å². The SMILES string of the molecule is CNc1cccc(-c2ccc3ncccc3c2)n1. The fourth-order valence-electron chi connectivity index (χ4n) is 1.97. The molecule has 0 aliphatic rings. The van der Waals surface area contributed by atoms with Gasteiger partial charge in [-0.15, -0.1) is 0 Å². The minimum Gasteiger partial charge on any atom is -0.373 e. The van der Waals surface area contributed by atoms with E-state index < -0.39 is 0 Å². The van der Waals surface area contributed by atoms with Crippen molar-refractivity contribution in [2.75, 3.05) is 12.4 Å². The van der Waals surface area contributed by atoms with E-state index in [-0.39, 0.29) is 0 Å². The van der Waals surface area contributed by atoms with E-state index in [0.717, 1.165) is 28.0 Å². The molecule has 2 aromatic heterocycles.